The highest BCUT2D eigenvalue weighted by Crippen LogP contribution is 2.22. The number of benzene rings is 2. The summed E-state index contributed by atoms with van der Waals surface area (Å²) in [6.45, 7) is 6.19. The third-order valence-electron chi connectivity index (χ3n) is 5.54. The van der Waals surface area contributed by atoms with Gasteiger partial charge in [-0.15, -0.1) is 0 Å². The fourth-order valence-corrected chi connectivity index (χ4v) is 5.02. The van der Waals surface area contributed by atoms with Gasteiger partial charge in [-0.25, -0.2) is 14.2 Å². The topological polar surface area (TPSA) is 65.6 Å². The van der Waals surface area contributed by atoms with Crippen molar-refractivity contribution in [3.63, 3.8) is 0 Å². The van der Waals surface area contributed by atoms with Crippen LogP contribution in [0.4, 0.5) is 0 Å². The van der Waals surface area contributed by atoms with Gasteiger partial charge in [-0.3, -0.25) is 4.79 Å². The first kappa shape index (κ1) is 20.2. The Hall–Kier alpha value is -3.71. The van der Waals surface area contributed by atoms with Gasteiger partial charge in [0.2, 0.25) is 0 Å². The molecule has 32 heavy (non-hydrogen) atoms. The van der Waals surface area contributed by atoms with Gasteiger partial charge in [0.1, 0.15) is 0 Å². The Morgan fingerprint density at radius 3 is 2.62 bits per heavy atom. The van der Waals surface area contributed by atoms with Gasteiger partial charge in [-0.05, 0) is 74.9 Å². The summed E-state index contributed by atoms with van der Waals surface area (Å²) in [5, 5.41) is 0. The Labute approximate surface area is 188 Å². The third kappa shape index (κ3) is 3.22. The monoisotopic (exact) mass is 443 g/mol. The van der Waals surface area contributed by atoms with Crippen molar-refractivity contribution in [1.29, 1.82) is 0 Å². The number of carbonyl (C=O) groups is 1. The van der Waals surface area contributed by atoms with Gasteiger partial charge in [-0.1, -0.05) is 23.5 Å². The normalized spacial score (nSPS) is 12.2. The fraction of sp³-hybridized carbons (Fsp3) is 0.160. The molecule has 0 bridgehead atoms. The lowest BCUT2D eigenvalue weighted by molar-refractivity contribution is 0.0526. The first-order valence-electron chi connectivity index (χ1n) is 10.4. The molecule has 0 aliphatic rings. The van der Waals surface area contributed by atoms with Gasteiger partial charge in [0.25, 0.3) is 5.56 Å². The second kappa shape index (κ2) is 7.76. The summed E-state index contributed by atoms with van der Waals surface area (Å²) in [6, 6.07) is 17.1. The number of hydrogen-bond acceptors (Lipinski definition) is 5. The maximum absolute atomic E-state index is 13.1. The second-order valence-electron chi connectivity index (χ2n) is 7.56. The molecule has 0 saturated carbocycles. The van der Waals surface area contributed by atoms with E-state index in [4.69, 9.17) is 4.74 Å². The number of fused-ring (bicyclic) bond motifs is 3. The molecule has 6 nitrogen and oxygen atoms in total. The summed E-state index contributed by atoms with van der Waals surface area (Å²) in [4.78, 5) is 30.3. The summed E-state index contributed by atoms with van der Waals surface area (Å²) in [5.41, 5.74) is 6.10. The zero-order chi connectivity index (χ0) is 22.4. The van der Waals surface area contributed by atoms with Gasteiger partial charge >= 0.3 is 5.97 Å². The Bertz CT molecular complexity index is 1590. The van der Waals surface area contributed by atoms with Crippen molar-refractivity contribution >= 4 is 39.4 Å². The van der Waals surface area contributed by atoms with Gasteiger partial charge in [0.05, 0.1) is 27.7 Å². The van der Waals surface area contributed by atoms with E-state index in [1.54, 1.807) is 23.5 Å². The van der Waals surface area contributed by atoms with E-state index in [0.29, 0.717) is 21.7 Å². The number of ether oxygens (including phenoxy) is 1. The van der Waals surface area contributed by atoms with E-state index in [1.165, 1.54) is 11.3 Å². The van der Waals surface area contributed by atoms with Crippen LogP contribution in [0.5, 0.6) is 0 Å². The average molecular weight is 444 g/mol. The molecule has 0 amide bonds. The molecule has 5 aromatic rings. The highest BCUT2D eigenvalue weighted by molar-refractivity contribution is 7.15. The number of nitrogens with zero attached hydrogens (tertiary/aromatic N) is 3. The summed E-state index contributed by atoms with van der Waals surface area (Å²) < 4.78 is 9.50. The number of carbonyl (C=O) groups excluding carboxylic acids is 1. The van der Waals surface area contributed by atoms with Gasteiger partial charge < -0.3 is 9.30 Å². The van der Waals surface area contributed by atoms with Crippen molar-refractivity contribution in [1.82, 2.24) is 14.0 Å². The van der Waals surface area contributed by atoms with Gasteiger partial charge in [0.15, 0.2) is 4.96 Å². The van der Waals surface area contributed by atoms with Crippen LogP contribution in [0.2, 0.25) is 0 Å². The standard InChI is InChI=1S/C25H21N3O3S/c1-4-31-24(30)17-9-11-19(12-10-17)27-15(2)13-18(16(27)3)14-22-23(29)28-21-8-6-5-7-20(21)26-25(28)32-22/h5-14H,4H2,1-3H3/b22-14+. The summed E-state index contributed by atoms with van der Waals surface area (Å²) in [5.74, 6) is -0.327. The minimum Gasteiger partial charge on any atom is -0.462 e. The van der Waals surface area contributed by atoms with E-state index < -0.39 is 0 Å². The number of rotatable bonds is 4. The largest absolute Gasteiger partial charge is 0.462 e. The van der Waals surface area contributed by atoms with E-state index in [-0.39, 0.29) is 11.5 Å². The highest BCUT2D eigenvalue weighted by Gasteiger charge is 2.14. The third-order valence-corrected chi connectivity index (χ3v) is 6.51. The van der Waals surface area contributed by atoms with Crippen LogP contribution >= 0.6 is 11.3 Å². The molecular formula is C25H21N3O3S. The SMILES string of the molecule is CCOC(=O)c1ccc(-n2c(C)cc(/C=c3/sc4nc5ccccc5n4c3=O)c2C)cc1. The van der Waals surface area contributed by atoms with Crippen molar-refractivity contribution in [3.8, 4) is 5.69 Å². The molecule has 5 rings (SSSR count). The quantitative estimate of drug-likeness (QED) is 0.393. The molecule has 0 radical (unpaired) electrons. The maximum Gasteiger partial charge on any atom is 0.338 e. The Kier molecular flexibility index (Phi) is 4.90. The summed E-state index contributed by atoms with van der Waals surface area (Å²) >= 11 is 1.40. The summed E-state index contributed by atoms with van der Waals surface area (Å²) in [7, 11) is 0. The van der Waals surface area contributed by atoms with Crippen LogP contribution < -0.4 is 10.1 Å². The second-order valence-corrected chi connectivity index (χ2v) is 8.57. The van der Waals surface area contributed by atoms with Crippen molar-refractivity contribution in [2.45, 2.75) is 20.8 Å². The van der Waals surface area contributed by atoms with Crippen LogP contribution in [0.3, 0.4) is 0 Å². The van der Waals surface area contributed by atoms with Crippen LogP contribution in [0.25, 0.3) is 27.8 Å². The van der Waals surface area contributed by atoms with E-state index in [9.17, 15) is 9.59 Å². The molecule has 0 spiro atoms. The molecule has 160 valence electrons. The van der Waals surface area contributed by atoms with E-state index >= 15 is 0 Å². The highest BCUT2D eigenvalue weighted by atomic mass is 32.1. The number of aromatic nitrogens is 3. The van der Waals surface area contributed by atoms with E-state index in [2.05, 4.69) is 15.6 Å². The zero-order valence-electron chi connectivity index (χ0n) is 18.0. The predicted octanol–water partition coefficient (Wildman–Crippen LogP) is 4.04. The fourth-order valence-electron chi connectivity index (χ4n) is 4.05. The van der Waals surface area contributed by atoms with Crippen LogP contribution in [-0.2, 0) is 4.74 Å². The average Bonchev–Trinajstić information content (AvgIpc) is 3.39. The van der Waals surface area contributed by atoms with E-state index in [0.717, 1.165) is 33.7 Å². The molecule has 0 saturated heterocycles. The van der Waals surface area contributed by atoms with Crippen LogP contribution in [0, 0.1) is 13.8 Å². The number of thiazole rings is 1. The minimum absolute atomic E-state index is 0.0534. The smallest absolute Gasteiger partial charge is 0.338 e. The lowest BCUT2D eigenvalue weighted by atomic mass is 10.2. The zero-order valence-corrected chi connectivity index (χ0v) is 18.8. The van der Waals surface area contributed by atoms with Crippen molar-refractivity contribution in [2.75, 3.05) is 6.61 Å². The van der Waals surface area contributed by atoms with Crippen molar-refractivity contribution < 1.29 is 9.53 Å². The number of para-hydroxylation sites is 2. The molecule has 2 aromatic carbocycles. The molecule has 0 aliphatic carbocycles. The molecule has 7 heteroatoms. The Balaban J connectivity index is 1.57. The molecular weight excluding hydrogens is 422 g/mol. The first-order chi connectivity index (χ1) is 15.5. The molecule has 0 atom stereocenters. The van der Waals surface area contributed by atoms with Crippen molar-refractivity contribution in [2.24, 2.45) is 0 Å². The number of esters is 1. The van der Waals surface area contributed by atoms with Crippen LogP contribution in [0.15, 0.2) is 59.4 Å². The lowest BCUT2D eigenvalue weighted by Crippen LogP contribution is -2.22. The molecule has 3 heterocycles. The molecule has 0 fully saturated rings. The number of hydrogen-bond donors (Lipinski definition) is 0. The van der Waals surface area contributed by atoms with Gasteiger partial charge in [-0.2, -0.15) is 0 Å². The Morgan fingerprint density at radius 1 is 1.12 bits per heavy atom. The molecule has 0 aliphatic heterocycles. The minimum atomic E-state index is -0.327. The molecule has 3 aromatic heterocycles. The predicted molar refractivity (Wildman–Crippen MR) is 127 cm³/mol. The van der Waals surface area contributed by atoms with Crippen LogP contribution in [0.1, 0.15) is 34.2 Å². The number of imidazole rings is 1. The van der Waals surface area contributed by atoms with Gasteiger partial charge in [0, 0.05) is 17.1 Å². The molecule has 0 unspecified atom stereocenters. The van der Waals surface area contributed by atoms with Crippen LogP contribution in [-0.4, -0.2) is 26.5 Å². The van der Waals surface area contributed by atoms with E-state index in [1.807, 2.05) is 56.3 Å². The number of aryl methyl sites for hydroxylation is 1. The lowest BCUT2D eigenvalue weighted by Gasteiger charge is -2.10. The Morgan fingerprint density at radius 2 is 1.88 bits per heavy atom. The first-order valence-corrected chi connectivity index (χ1v) is 11.2. The molecule has 0 N–H and O–H groups in total. The van der Waals surface area contributed by atoms with Crippen molar-refractivity contribution in [3.05, 3.63) is 92.0 Å². The summed E-state index contributed by atoms with van der Waals surface area (Å²) in [6.07, 6.45) is 1.93. The maximum atomic E-state index is 13.1.